The highest BCUT2D eigenvalue weighted by Gasteiger charge is 2.02. The SMILES string of the molecule is CCNC(=NCCCCN(CC)CC)NCCn1cnnc1CC.I. The molecule has 7 nitrogen and oxygen atoms in total. The van der Waals surface area contributed by atoms with E-state index in [1.165, 1.54) is 13.0 Å². The standard InChI is InChI=1S/C17H35N7.HI/c1-5-16-22-21-15-24(16)14-12-20-17(18-6-2)19-11-9-10-13-23(7-3)8-4;/h15H,5-14H2,1-4H3,(H2,18,19,20);1H. The Morgan fingerprint density at radius 1 is 1.16 bits per heavy atom. The van der Waals surface area contributed by atoms with Gasteiger partial charge in [0.15, 0.2) is 5.96 Å². The lowest BCUT2D eigenvalue weighted by atomic mass is 10.3. The Bertz CT molecular complexity index is 458. The minimum Gasteiger partial charge on any atom is -0.357 e. The average molecular weight is 465 g/mol. The van der Waals surface area contributed by atoms with Crippen molar-refractivity contribution in [2.45, 2.75) is 53.5 Å². The van der Waals surface area contributed by atoms with Crippen LogP contribution in [0, 0.1) is 0 Å². The Hall–Kier alpha value is -0.900. The van der Waals surface area contributed by atoms with Gasteiger partial charge in [-0.2, -0.15) is 0 Å². The maximum Gasteiger partial charge on any atom is 0.191 e. The summed E-state index contributed by atoms with van der Waals surface area (Å²) in [7, 11) is 0. The Balaban J connectivity index is 0.00000576. The molecule has 0 aliphatic heterocycles. The summed E-state index contributed by atoms with van der Waals surface area (Å²) in [6.07, 6.45) is 5.02. The summed E-state index contributed by atoms with van der Waals surface area (Å²) in [4.78, 5) is 7.11. The number of nitrogens with one attached hydrogen (secondary N) is 2. The first-order valence-corrected chi connectivity index (χ1v) is 9.36. The lowest BCUT2D eigenvalue weighted by Crippen LogP contribution is -2.39. The van der Waals surface area contributed by atoms with Gasteiger partial charge in [0, 0.05) is 32.6 Å². The van der Waals surface area contributed by atoms with E-state index in [2.05, 4.69) is 63.0 Å². The van der Waals surface area contributed by atoms with Crippen LogP contribution in [0.1, 0.15) is 46.4 Å². The van der Waals surface area contributed by atoms with Crippen molar-refractivity contribution in [1.82, 2.24) is 30.3 Å². The summed E-state index contributed by atoms with van der Waals surface area (Å²) >= 11 is 0. The fourth-order valence-electron chi connectivity index (χ4n) is 2.55. The molecule has 1 aromatic rings. The largest absolute Gasteiger partial charge is 0.357 e. The van der Waals surface area contributed by atoms with E-state index < -0.39 is 0 Å². The first-order valence-electron chi connectivity index (χ1n) is 9.36. The minimum absolute atomic E-state index is 0. The molecule has 8 heteroatoms. The number of rotatable bonds is 12. The van der Waals surface area contributed by atoms with Crippen molar-refractivity contribution in [2.75, 3.05) is 39.3 Å². The molecule has 0 spiro atoms. The summed E-state index contributed by atoms with van der Waals surface area (Å²) in [6.45, 7) is 15.5. The van der Waals surface area contributed by atoms with E-state index in [0.717, 1.165) is 63.9 Å². The number of aromatic nitrogens is 3. The summed E-state index contributed by atoms with van der Waals surface area (Å²) < 4.78 is 2.08. The lowest BCUT2D eigenvalue weighted by molar-refractivity contribution is 0.297. The van der Waals surface area contributed by atoms with Gasteiger partial charge in [0.2, 0.25) is 0 Å². The van der Waals surface area contributed by atoms with Crippen LogP contribution in [0.3, 0.4) is 0 Å². The van der Waals surface area contributed by atoms with Crippen LogP contribution < -0.4 is 10.6 Å². The van der Waals surface area contributed by atoms with Gasteiger partial charge in [0.05, 0.1) is 0 Å². The van der Waals surface area contributed by atoms with Crippen LogP contribution in [0.25, 0.3) is 0 Å². The molecule has 2 N–H and O–H groups in total. The van der Waals surface area contributed by atoms with Gasteiger partial charge in [-0.25, -0.2) is 0 Å². The number of hydrogen-bond acceptors (Lipinski definition) is 4. The third-order valence-corrected chi connectivity index (χ3v) is 4.05. The molecule has 0 atom stereocenters. The van der Waals surface area contributed by atoms with Crippen LogP contribution >= 0.6 is 24.0 Å². The number of halogens is 1. The molecule has 0 radical (unpaired) electrons. The van der Waals surface area contributed by atoms with Crippen LogP contribution in [0.2, 0.25) is 0 Å². The second kappa shape index (κ2) is 15.4. The molecule has 0 bridgehead atoms. The minimum atomic E-state index is 0. The molecular weight excluding hydrogens is 429 g/mol. The maximum atomic E-state index is 4.66. The van der Waals surface area contributed by atoms with Crippen molar-refractivity contribution in [2.24, 2.45) is 4.99 Å². The van der Waals surface area contributed by atoms with E-state index in [4.69, 9.17) is 0 Å². The van der Waals surface area contributed by atoms with Crippen molar-refractivity contribution in [1.29, 1.82) is 0 Å². The van der Waals surface area contributed by atoms with Crippen LogP contribution in [0.4, 0.5) is 0 Å². The molecule has 0 aliphatic carbocycles. The molecule has 0 saturated carbocycles. The molecule has 0 amide bonds. The summed E-state index contributed by atoms with van der Waals surface area (Å²) in [5, 5.41) is 14.7. The molecular formula is C17H36IN7. The number of aryl methyl sites for hydroxylation is 1. The van der Waals surface area contributed by atoms with Gasteiger partial charge in [-0.1, -0.05) is 20.8 Å². The van der Waals surface area contributed by atoms with Gasteiger partial charge >= 0.3 is 0 Å². The quantitative estimate of drug-likeness (QED) is 0.214. The predicted octanol–water partition coefficient (Wildman–Crippen LogP) is 2.14. The molecule has 1 aromatic heterocycles. The zero-order chi connectivity index (χ0) is 17.6. The Kier molecular flexibility index (Phi) is 14.8. The molecule has 0 saturated heterocycles. The third kappa shape index (κ3) is 9.98. The van der Waals surface area contributed by atoms with E-state index >= 15 is 0 Å². The van der Waals surface area contributed by atoms with Crippen LogP contribution in [-0.2, 0) is 13.0 Å². The molecule has 0 aliphatic rings. The van der Waals surface area contributed by atoms with E-state index in [1.807, 2.05) is 0 Å². The van der Waals surface area contributed by atoms with Gasteiger partial charge < -0.3 is 20.1 Å². The first kappa shape index (κ1) is 24.1. The van der Waals surface area contributed by atoms with Crippen molar-refractivity contribution in [3.05, 3.63) is 12.2 Å². The van der Waals surface area contributed by atoms with Crippen molar-refractivity contribution in [3.63, 3.8) is 0 Å². The molecule has 25 heavy (non-hydrogen) atoms. The molecule has 146 valence electrons. The zero-order valence-electron chi connectivity index (χ0n) is 16.3. The molecule has 0 unspecified atom stereocenters. The highest BCUT2D eigenvalue weighted by atomic mass is 127. The maximum absolute atomic E-state index is 4.66. The summed E-state index contributed by atoms with van der Waals surface area (Å²) in [6, 6.07) is 0. The molecule has 1 rings (SSSR count). The molecule has 1 heterocycles. The summed E-state index contributed by atoms with van der Waals surface area (Å²) in [5.74, 6) is 1.92. The van der Waals surface area contributed by atoms with Gasteiger partial charge in [0.25, 0.3) is 0 Å². The predicted molar refractivity (Wildman–Crippen MR) is 116 cm³/mol. The number of hydrogen-bond donors (Lipinski definition) is 2. The van der Waals surface area contributed by atoms with Crippen molar-refractivity contribution >= 4 is 29.9 Å². The van der Waals surface area contributed by atoms with Gasteiger partial charge in [0.1, 0.15) is 12.2 Å². The van der Waals surface area contributed by atoms with Gasteiger partial charge in [-0.05, 0) is 39.4 Å². The highest BCUT2D eigenvalue weighted by Crippen LogP contribution is 1.96. The second-order valence-electron chi connectivity index (χ2n) is 5.72. The van der Waals surface area contributed by atoms with E-state index in [9.17, 15) is 0 Å². The number of nitrogens with zero attached hydrogens (tertiary/aromatic N) is 5. The van der Waals surface area contributed by atoms with Gasteiger partial charge in [-0.3, -0.25) is 4.99 Å². The third-order valence-electron chi connectivity index (χ3n) is 4.05. The fraction of sp³-hybridized carbons (Fsp3) is 0.824. The molecule has 0 aromatic carbocycles. The highest BCUT2D eigenvalue weighted by molar-refractivity contribution is 14.0. The summed E-state index contributed by atoms with van der Waals surface area (Å²) in [5.41, 5.74) is 0. The van der Waals surface area contributed by atoms with E-state index in [-0.39, 0.29) is 24.0 Å². The first-order chi connectivity index (χ1) is 11.7. The smallest absolute Gasteiger partial charge is 0.191 e. The van der Waals surface area contributed by atoms with Crippen LogP contribution in [0.15, 0.2) is 11.3 Å². The van der Waals surface area contributed by atoms with E-state index in [0.29, 0.717) is 0 Å². The van der Waals surface area contributed by atoms with Crippen LogP contribution in [0.5, 0.6) is 0 Å². The number of unbranched alkanes of at least 4 members (excludes halogenated alkanes) is 1. The number of guanidine groups is 1. The van der Waals surface area contributed by atoms with Crippen LogP contribution in [-0.4, -0.2) is 64.9 Å². The fourth-order valence-corrected chi connectivity index (χ4v) is 2.55. The zero-order valence-corrected chi connectivity index (χ0v) is 18.6. The Morgan fingerprint density at radius 2 is 1.92 bits per heavy atom. The van der Waals surface area contributed by atoms with Crippen molar-refractivity contribution < 1.29 is 0 Å². The van der Waals surface area contributed by atoms with Gasteiger partial charge in [-0.15, -0.1) is 34.2 Å². The van der Waals surface area contributed by atoms with E-state index in [1.54, 1.807) is 6.33 Å². The number of aliphatic imine (C=N–C) groups is 1. The topological polar surface area (TPSA) is 70.4 Å². The monoisotopic (exact) mass is 465 g/mol. The Morgan fingerprint density at radius 3 is 2.56 bits per heavy atom. The average Bonchev–Trinajstić information content (AvgIpc) is 3.05. The lowest BCUT2D eigenvalue weighted by Gasteiger charge is -2.17. The molecule has 0 fully saturated rings. The Labute approximate surface area is 170 Å². The normalized spacial score (nSPS) is 11.5. The second-order valence-corrected chi connectivity index (χ2v) is 5.72. The van der Waals surface area contributed by atoms with Crippen molar-refractivity contribution in [3.8, 4) is 0 Å².